The molecule has 0 bridgehead atoms. The van der Waals surface area contributed by atoms with Gasteiger partial charge in [-0.2, -0.15) is 5.10 Å². The summed E-state index contributed by atoms with van der Waals surface area (Å²) in [5.41, 5.74) is 1.38. The number of para-hydroxylation sites is 1. The number of benzene rings is 1. The van der Waals surface area contributed by atoms with Crippen LogP contribution in [0.25, 0.3) is 5.69 Å². The highest BCUT2D eigenvalue weighted by molar-refractivity contribution is 7.09. The number of likely N-dealkylation sites (tertiary alicyclic amines) is 1. The fourth-order valence-corrected chi connectivity index (χ4v) is 4.62. The Morgan fingerprint density at radius 2 is 1.97 bits per heavy atom. The van der Waals surface area contributed by atoms with Gasteiger partial charge < -0.3 is 10.2 Å². The van der Waals surface area contributed by atoms with E-state index in [1.165, 1.54) is 21.8 Å². The second-order valence-corrected chi connectivity index (χ2v) is 8.73. The van der Waals surface area contributed by atoms with Gasteiger partial charge >= 0.3 is 0 Å². The molecule has 3 aromatic rings. The zero-order valence-corrected chi connectivity index (χ0v) is 18.2. The first-order chi connectivity index (χ1) is 15.0. The third-order valence-electron chi connectivity index (χ3n) is 5.72. The number of thiophene rings is 1. The fourth-order valence-electron chi connectivity index (χ4n) is 3.91. The van der Waals surface area contributed by atoms with Crippen LogP contribution in [0.5, 0.6) is 0 Å². The van der Waals surface area contributed by atoms with Crippen molar-refractivity contribution in [2.75, 3.05) is 19.6 Å². The minimum absolute atomic E-state index is 0.0622. The number of carbonyl (C=O) groups excluding carboxylic acids is 2. The lowest BCUT2D eigenvalue weighted by Gasteiger charge is -2.31. The molecule has 1 fully saturated rings. The Labute approximate surface area is 184 Å². The Hall–Kier alpha value is -3.00. The van der Waals surface area contributed by atoms with E-state index in [1.54, 1.807) is 41.4 Å². The molecule has 0 atom stereocenters. The van der Waals surface area contributed by atoms with Crippen molar-refractivity contribution in [3.63, 3.8) is 0 Å². The number of amides is 2. The maximum absolute atomic E-state index is 14.1. The minimum Gasteiger partial charge on any atom is -0.355 e. The quantitative estimate of drug-likeness (QED) is 0.637. The van der Waals surface area contributed by atoms with Crippen LogP contribution in [0.1, 0.15) is 33.8 Å². The number of hydrogen-bond acceptors (Lipinski definition) is 4. The van der Waals surface area contributed by atoms with Crippen LogP contribution in [0.15, 0.2) is 48.0 Å². The van der Waals surface area contributed by atoms with Gasteiger partial charge in [-0.05, 0) is 49.8 Å². The summed E-state index contributed by atoms with van der Waals surface area (Å²) in [6.07, 6.45) is 3.60. The molecular formula is C23H25FN4O2S. The minimum atomic E-state index is -0.390. The smallest absolute Gasteiger partial charge is 0.257 e. The van der Waals surface area contributed by atoms with Crippen LogP contribution in [0, 0.1) is 18.7 Å². The van der Waals surface area contributed by atoms with Gasteiger partial charge in [0, 0.05) is 30.4 Å². The highest BCUT2D eigenvalue weighted by Gasteiger charge is 2.29. The van der Waals surface area contributed by atoms with Gasteiger partial charge in [0.15, 0.2) is 0 Å². The van der Waals surface area contributed by atoms with Crippen molar-refractivity contribution in [2.24, 2.45) is 5.92 Å². The topological polar surface area (TPSA) is 67.2 Å². The average molecular weight is 441 g/mol. The van der Waals surface area contributed by atoms with E-state index in [9.17, 15) is 14.0 Å². The van der Waals surface area contributed by atoms with Crippen molar-refractivity contribution in [1.29, 1.82) is 0 Å². The first-order valence-corrected chi connectivity index (χ1v) is 11.3. The SMILES string of the molecule is Cc1c(C(=O)N2CCC(C(=O)NCCc3cccs3)CC2)cnn1-c1ccccc1F. The summed E-state index contributed by atoms with van der Waals surface area (Å²) in [6.45, 7) is 3.44. The predicted octanol–water partition coefficient (Wildman–Crippen LogP) is 3.59. The van der Waals surface area contributed by atoms with Gasteiger partial charge in [-0.3, -0.25) is 9.59 Å². The molecule has 8 heteroatoms. The Kier molecular flexibility index (Phi) is 6.46. The first kappa shape index (κ1) is 21.2. The Bertz CT molecular complexity index is 1060. The van der Waals surface area contributed by atoms with Crippen molar-refractivity contribution >= 4 is 23.2 Å². The molecule has 1 N–H and O–H groups in total. The van der Waals surface area contributed by atoms with Crippen molar-refractivity contribution in [3.05, 3.63) is 69.9 Å². The second-order valence-electron chi connectivity index (χ2n) is 7.69. The molecule has 6 nitrogen and oxygen atoms in total. The van der Waals surface area contributed by atoms with Crippen LogP contribution < -0.4 is 5.32 Å². The molecule has 0 saturated carbocycles. The summed E-state index contributed by atoms with van der Waals surface area (Å²) < 4.78 is 15.6. The summed E-state index contributed by atoms with van der Waals surface area (Å²) in [5, 5.41) is 9.28. The molecule has 31 heavy (non-hydrogen) atoms. The summed E-state index contributed by atoms with van der Waals surface area (Å²) in [6, 6.07) is 10.4. The molecular weight excluding hydrogens is 415 g/mol. The van der Waals surface area contributed by atoms with Crippen molar-refractivity contribution in [3.8, 4) is 5.69 Å². The van der Waals surface area contributed by atoms with Crippen molar-refractivity contribution < 1.29 is 14.0 Å². The van der Waals surface area contributed by atoms with Gasteiger partial charge in [-0.15, -0.1) is 11.3 Å². The van der Waals surface area contributed by atoms with Gasteiger partial charge in [0.05, 0.1) is 17.5 Å². The third kappa shape index (κ3) is 4.69. The van der Waals surface area contributed by atoms with Gasteiger partial charge in [0.1, 0.15) is 11.5 Å². The lowest BCUT2D eigenvalue weighted by molar-refractivity contribution is -0.126. The normalized spacial score (nSPS) is 14.6. The Balaban J connectivity index is 1.32. The summed E-state index contributed by atoms with van der Waals surface area (Å²) in [4.78, 5) is 28.5. The molecule has 1 aliphatic rings. The summed E-state index contributed by atoms with van der Waals surface area (Å²) >= 11 is 1.69. The number of aromatic nitrogens is 2. The van der Waals surface area contributed by atoms with E-state index in [0.29, 0.717) is 49.4 Å². The maximum Gasteiger partial charge on any atom is 0.257 e. The van der Waals surface area contributed by atoms with E-state index in [-0.39, 0.29) is 17.7 Å². The van der Waals surface area contributed by atoms with Crippen molar-refractivity contribution in [2.45, 2.75) is 26.2 Å². The zero-order chi connectivity index (χ0) is 21.8. The molecule has 4 rings (SSSR count). The highest BCUT2D eigenvalue weighted by atomic mass is 32.1. The van der Waals surface area contributed by atoms with E-state index in [4.69, 9.17) is 0 Å². The first-order valence-electron chi connectivity index (χ1n) is 10.4. The number of nitrogens with zero attached hydrogens (tertiary/aromatic N) is 3. The molecule has 0 radical (unpaired) electrons. The average Bonchev–Trinajstić information content (AvgIpc) is 3.43. The monoisotopic (exact) mass is 440 g/mol. The van der Waals surface area contributed by atoms with Crippen LogP contribution in [-0.2, 0) is 11.2 Å². The maximum atomic E-state index is 14.1. The van der Waals surface area contributed by atoms with Gasteiger partial charge in [-0.25, -0.2) is 9.07 Å². The number of rotatable bonds is 6. The van der Waals surface area contributed by atoms with E-state index < -0.39 is 5.82 Å². The van der Waals surface area contributed by atoms with Crippen LogP contribution in [0.4, 0.5) is 4.39 Å². The lowest BCUT2D eigenvalue weighted by Crippen LogP contribution is -2.43. The Morgan fingerprint density at radius 1 is 1.19 bits per heavy atom. The van der Waals surface area contributed by atoms with Gasteiger partial charge in [0.25, 0.3) is 5.91 Å². The lowest BCUT2D eigenvalue weighted by atomic mass is 9.95. The molecule has 3 heterocycles. The molecule has 1 saturated heterocycles. The molecule has 2 aromatic heterocycles. The standard InChI is InChI=1S/C23H25FN4O2S/c1-16-19(15-26-28(16)21-7-3-2-6-20(21)24)23(30)27-12-9-17(10-13-27)22(29)25-11-8-18-5-4-14-31-18/h2-7,14-15,17H,8-13H2,1H3,(H,25,29). The third-order valence-corrected chi connectivity index (χ3v) is 6.66. The number of piperidine rings is 1. The van der Waals surface area contributed by atoms with E-state index in [1.807, 2.05) is 11.4 Å². The van der Waals surface area contributed by atoms with Gasteiger partial charge in [0.2, 0.25) is 5.91 Å². The van der Waals surface area contributed by atoms with E-state index in [2.05, 4.69) is 16.5 Å². The van der Waals surface area contributed by atoms with Crippen LogP contribution in [0.2, 0.25) is 0 Å². The summed E-state index contributed by atoms with van der Waals surface area (Å²) in [7, 11) is 0. The second kappa shape index (κ2) is 9.43. The molecule has 0 spiro atoms. The summed E-state index contributed by atoms with van der Waals surface area (Å²) in [5.74, 6) is -0.530. The van der Waals surface area contributed by atoms with Crippen LogP contribution in [0.3, 0.4) is 0 Å². The Morgan fingerprint density at radius 3 is 2.68 bits per heavy atom. The number of nitrogens with one attached hydrogen (secondary N) is 1. The number of halogens is 1. The molecule has 162 valence electrons. The zero-order valence-electron chi connectivity index (χ0n) is 17.4. The molecule has 0 aliphatic carbocycles. The van der Waals surface area contributed by atoms with Crippen molar-refractivity contribution in [1.82, 2.24) is 20.0 Å². The highest BCUT2D eigenvalue weighted by Crippen LogP contribution is 2.22. The molecule has 1 aliphatic heterocycles. The largest absolute Gasteiger partial charge is 0.355 e. The molecule has 0 unspecified atom stereocenters. The van der Waals surface area contributed by atoms with E-state index >= 15 is 0 Å². The molecule has 1 aromatic carbocycles. The number of hydrogen-bond donors (Lipinski definition) is 1. The predicted molar refractivity (Wildman–Crippen MR) is 118 cm³/mol. The van der Waals surface area contributed by atoms with Crippen LogP contribution >= 0.6 is 11.3 Å². The fraction of sp³-hybridized carbons (Fsp3) is 0.348. The van der Waals surface area contributed by atoms with E-state index in [0.717, 1.165) is 6.42 Å². The number of carbonyl (C=O) groups is 2. The van der Waals surface area contributed by atoms with Gasteiger partial charge in [-0.1, -0.05) is 18.2 Å². The van der Waals surface area contributed by atoms with Crippen LogP contribution in [-0.4, -0.2) is 46.1 Å². The molecule has 2 amide bonds.